The second-order valence-electron chi connectivity index (χ2n) is 7.02. The summed E-state index contributed by atoms with van der Waals surface area (Å²) in [6.07, 6.45) is 2.18. The summed E-state index contributed by atoms with van der Waals surface area (Å²) in [7, 11) is 0. The highest BCUT2D eigenvalue weighted by atomic mass is 16.6. The van der Waals surface area contributed by atoms with Crippen LogP contribution in [0.4, 0.5) is 0 Å². The third kappa shape index (κ3) is 4.06. The first-order valence-corrected chi connectivity index (χ1v) is 8.70. The molecule has 4 heteroatoms. The van der Waals surface area contributed by atoms with Crippen LogP contribution in [0.1, 0.15) is 26.7 Å². The molecule has 0 saturated carbocycles. The number of hydrogen-bond donors (Lipinski definition) is 1. The SMILES string of the molecule is CC(C)(OC(=O)COc1ccc2ccccc2c1)C1CC[NH2+]CC1. The zero-order valence-corrected chi connectivity index (χ0v) is 14.5. The molecule has 4 nitrogen and oxygen atoms in total. The normalized spacial score (nSPS) is 16.1. The van der Waals surface area contributed by atoms with Crippen LogP contribution in [0.25, 0.3) is 10.8 Å². The molecule has 0 amide bonds. The van der Waals surface area contributed by atoms with Crippen molar-refractivity contribution in [3.8, 4) is 5.75 Å². The molecular formula is C20H26NO3+. The maximum atomic E-state index is 12.2. The molecule has 2 N–H and O–H groups in total. The maximum Gasteiger partial charge on any atom is 0.344 e. The molecule has 2 aromatic rings. The highest BCUT2D eigenvalue weighted by Crippen LogP contribution is 2.28. The van der Waals surface area contributed by atoms with E-state index < -0.39 is 5.60 Å². The van der Waals surface area contributed by atoms with E-state index in [4.69, 9.17) is 9.47 Å². The summed E-state index contributed by atoms with van der Waals surface area (Å²) >= 11 is 0. The second kappa shape index (κ2) is 7.22. The van der Waals surface area contributed by atoms with Gasteiger partial charge in [-0.1, -0.05) is 30.3 Å². The van der Waals surface area contributed by atoms with Crippen molar-refractivity contribution in [1.82, 2.24) is 0 Å². The predicted molar refractivity (Wildman–Crippen MR) is 94.0 cm³/mol. The molecule has 1 aliphatic rings. The molecule has 1 saturated heterocycles. The molecule has 0 aromatic heterocycles. The quantitative estimate of drug-likeness (QED) is 0.858. The zero-order chi connectivity index (χ0) is 17.0. The number of esters is 1. The summed E-state index contributed by atoms with van der Waals surface area (Å²) in [5.74, 6) is 0.811. The molecule has 1 fully saturated rings. The number of nitrogens with two attached hydrogens (primary N) is 1. The van der Waals surface area contributed by atoms with Crippen molar-refractivity contribution < 1.29 is 19.6 Å². The number of ether oxygens (including phenoxy) is 2. The molecule has 3 rings (SSSR count). The van der Waals surface area contributed by atoms with Crippen LogP contribution in [0.2, 0.25) is 0 Å². The van der Waals surface area contributed by atoms with Crippen molar-refractivity contribution in [2.75, 3.05) is 19.7 Å². The van der Waals surface area contributed by atoms with Gasteiger partial charge in [0, 0.05) is 18.8 Å². The van der Waals surface area contributed by atoms with E-state index in [-0.39, 0.29) is 12.6 Å². The molecule has 128 valence electrons. The number of carbonyl (C=O) groups excluding carboxylic acids is 1. The van der Waals surface area contributed by atoms with Crippen LogP contribution in [-0.2, 0) is 9.53 Å². The van der Waals surface area contributed by atoms with E-state index in [0.29, 0.717) is 11.7 Å². The van der Waals surface area contributed by atoms with E-state index in [0.717, 1.165) is 36.7 Å². The van der Waals surface area contributed by atoms with Crippen LogP contribution in [0.3, 0.4) is 0 Å². The van der Waals surface area contributed by atoms with Gasteiger partial charge in [-0.3, -0.25) is 0 Å². The molecule has 0 spiro atoms. The van der Waals surface area contributed by atoms with Gasteiger partial charge in [-0.15, -0.1) is 0 Å². The molecule has 0 bridgehead atoms. The summed E-state index contributed by atoms with van der Waals surface area (Å²) in [6.45, 7) is 6.19. The van der Waals surface area contributed by atoms with E-state index in [1.165, 1.54) is 0 Å². The van der Waals surface area contributed by atoms with Crippen LogP contribution >= 0.6 is 0 Å². The fourth-order valence-corrected chi connectivity index (χ4v) is 3.43. The van der Waals surface area contributed by atoms with Gasteiger partial charge in [-0.2, -0.15) is 0 Å². The Morgan fingerprint density at radius 3 is 2.58 bits per heavy atom. The number of hydrogen-bond acceptors (Lipinski definition) is 3. The topological polar surface area (TPSA) is 52.1 Å². The number of benzene rings is 2. The van der Waals surface area contributed by atoms with E-state index in [1.807, 2.05) is 50.2 Å². The molecule has 24 heavy (non-hydrogen) atoms. The molecule has 2 aromatic carbocycles. The van der Waals surface area contributed by atoms with Gasteiger partial charge in [0.05, 0.1) is 13.1 Å². The average molecular weight is 328 g/mol. The standard InChI is InChI=1S/C20H25NO3/c1-20(2,17-9-11-21-12-10-17)24-19(22)14-23-18-8-7-15-5-3-4-6-16(15)13-18/h3-8,13,17,21H,9-12,14H2,1-2H3/p+1. The first-order chi connectivity index (χ1) is 11.5. The Labute approximate surface area is 143 Å². The van der Waals surface area contributed by atoms with Crippen LogP contribution in [0, 0.1) is 5.92 Å². The summed E-state index contributed by atoms with van der Waals surface area (Å²) in [5.41, 5.74) is -0.432. The Kier molecular flexibility index (Phi) is 5.05. The smallest absolute Gasteiger partial charge is 0.344 e. The van der Waals surface area contributed by atoms with Gasteiger partial charge >= 0.3 is 5.97 Å². The van der Waals surface area contributed by atoms with Gasteiger partial charge in [0.25, 0.3) is 0 Å². The Hall–Kier alpha value is -2.07. The molecule has 0 atom stereocenters. The monoisotopic (exact) mass is 328 g/mol. The van der Waals surface area contributed by atoms with E-state index in [2.05, 4.69) is 11.4 Å². The van der Waals surface area contributed by atoms with E-state index in [9.17, 15) is 4.79 Å². The van der Waals surface area contributed by atoms with Gasteiger partial charge in [0.2, 0.25) is 0 Å². The van der Waals surface area contributed by atoms with Crippen molar-refractivity contribution in [1.29, 1.82) is 0 Å². The largest absolute Gasteiger partial charge is 0.482 e. The lowest BCUT2D eigenvalue weighted by atomic mass is 9.83. The summed E-state index contributed by atoms with van der Waals surface area (Å²) in [6, 6.07) is 13.9. The molecular weight excluding hydrogens is 302 g/mol. The molecule has 1 heterocycles. The summed E-state index contributed by atoms with van der Waals surface area (Å²) in [4.78, 5) is 12.2. The zero-order valence-electron chi connectivity index (χ0n) is 14.5. The Morgan fingerprint density at radius 2 is 1.83 bits per heavy atom. The van der Waals surface area contributed by atoms with E-state index in [1.54, 1.807) is 0 Å². The van der Waals surface area contributed by atoms with Crippen LogP contribution in [0.5, 0.6) is 5.75 Å². The third-order valence-electron chi connectivity index (χ3n) is 4.88. The van der Waals surface area contributed by atoms with Crippen molar-refractivity contribution in [2.24, 2.45) is 5.92 Å². The number of fused-ring (bicyclic) bond motifs is 1. The molecule has 0 unspecified atom stereocenters. The number of quaternary nitrogens is 1. The predicted octanol–water partition coefficient (Wildman–Crippen LogP) is 2.51. The maximum absolute atomic E-state index is 12.2. The number of rotatable bonds is 5. The minimum absolute atomic E-state index is 0.0549. The highest BCUT2D eigenvalue weighted by Gasteiger charge is 2.35. The van der Waals surface area contributed by atoms with Gasteiger partial charge in [-0.25, -0.2) is 4.79 Å². The number of piperidine rings is 1. The van der Waals surface area contributed by atoms with Gasteiger partial charge < -0.3 is 14.8 Å². The van der Waals surface area contributed by atoms with Gasteiger partial charge in [0.15, 0.2) is 6.61 Å². The van der Waals surface area contributed by atoms with E-state index >= 15 is 0 Å². The van der Waals surface area contributed by atoms with Crippen molar-refractivity contribution in [3.05, 3.63) is 42.5 Å². The van der Waals surface area contributed by atoms with Gasteiger partial charge in [-0.05, 0) is 36.8 Å². The minimum Gasteiger partial charge on any atom is -0.482 e. The fourth-order valence-electron chi connectivity index (χ4n) is 3.43. The third-order valence-corrected chi connectivity index (χ3v) is 4.88. The van der Waals surface area contributed by atoms with Crippen molar-refractivity contribution >= 4 is 16.7 Å². The van der Waals surface area contributed by atoms with Crippen LogP contribution in [-0.4, -0.2) is 31.3 Å². The molecule has 1 aliphatic heterocycles. The summed E-state index contributed by atoms with van der Waals surface area (Å²) < 4.78 is 11.3. The first kappa shape index (κ1) is 16.8. The first-order valence-electron chi connectivity index (χ1n) is 8.70. The van der Waals surface area contributed by atoms with Crippen molar-refractivity contribution in [2.45, 2.75) is 32.3 Å². The lowest BCUT2D eigenvalue weighted by Gasteiger charge is -2.35. The second-order valence-corrected chi connectivity index (χ2v) is 7.02. The van der Waals surface area contributed by atoms with Crippen LogP contribution < -0.4 is 10.1 Å². The lowest BCUT2D eigenvalue weighted by molar-refractivity contribution is -0.665. The van der Waals surface area contributed by atoms with Crippen LogP contribution in [0.15, 0.2) is 42.5 Å². The highest BCUT2D eigenvalue weighted by molar-refractivity contribution is 5.83. The summed E-state index contributed by atoms with van der Waals surface area (Å²) in [5, 5.41) is 4.57. The Morgan fingerprint density at radius 1 is 1.12 bits per heavy atom. The average Bonchev–Trinajstić information content (AvgIpc) is 2.60. The Bertz CT molecular complexity index is 705. The fraction of sp³-hybridized carbons (Fsp3) is 0.450. The van der Waals surface area contributed by atoms with Crippen molar-refractivity contribution in [3.63, 3.8) is 0 Å². The minimum atomic E-state index is -0.432. The number of carbonyl (C=O) groups is 1. The lowest BCUT2D eigenvalue weighted by Crippen LogP contribution is -2.86. The Balaban J connectivity index is 1.56. The molecule has 0 aliphatic carbocycles. The molecule has 0 radical (unpaired) electrons. The van der Waals surface area contributed by atoms with Gasteiger partial charge in [0.1, 0.15) is 11.4 Å².